The zero-order chi connectivity index (χ0) is 28.1. The first kappa shape index (κ1) is 26.3. The number of H-pyrrole nitrogens is 1. The molecule has 0 spiro atoms. The molecule has 0 atom stereocenters. The zero-order valence-electron chi connectivity index (χ0n) is 19.9. The summed E-state index contributed by atoms with van der Waals surface area (Å²) in [5.74, 6) is 0. The van der Waals surface area contributed by atoms with E-state index >= 15 is 0 Å². The number of halogens is 1. The molecule has 1 aliphatic rings. The summed E-state index contributed by atoms with van der Waals surface area (Å²) >= 11 is 0. The van der Waals surface area contributed by atoms with Gasteiger partial charge in [0.15, 0.2) is 6.20 Å². The molecule has 12 nitrogen and oxygen atoms in total. The van der Waals surface area contributed by atoms with Gasteiger partial charge in [-0.25, -0.2) is 4.79 Å². The number of non-ortho nitro benzene ring substituents is 1. The van der Waals surface area contributed by atoms with E-state index in [1.165, 1.54) is 17.2 Å². The van der Waals surface area contributed by atoms with Crippen LogP contribution in [0.2, 0.25) is 0 Å². The highest BCUT2D eigenvalue weighted by molar-refractivity contribution is 5.85. The van der Waals surface area contributed by atoms with Crippen molar-refractivity contribution in [2.75, 3.05) is 0 Å². The Hall–Kier alpha value is -5.72. The molecule has 2 heterocycles. The predicted molar refractivity (Wildman–Crippen MR) is 139 cm³/mol. The molecular weight excluding hydrogens is 513 g/mol. The summed E-state index contributed by atoms with van der Waals surface area (Å²) in [6.45, 7) is 0. The van der Waals surface area contributed by atoms with Gasteiger partial charge < -0.3 is 10.2 Å². The van der Waals surface area contributed by atoms with E-state index < -0.39 is 21.0 Å². The second-order valence-electron chi connectivity index (χ2n) is 8.14. The van der Waals surface area contributed by atoms with Crippen LogP contribution < -0.4 is 16.0 Å². The van der Waals surface area contributed by atoms with Gasteiger partial charge in [0, 0.05) is 30.5 Å². The third kappa shape index (κ3) is 5.67. The largest absolute Gasteiger partial charge is 0.618 e. The number of aromatic nitrogens is 3. The second-order valence-corrected chi connectivity index (χ2v) is 8.14. The molecule has 3 aromatic carbocycles. The molecule has 0 bridgehead atoms. The van der Waals surface area contributed by atoms with E-state index in [1.807, 2.05) is 23.2 Å². The van der Waals surface area contributed by atoms with Crippen LogP contribution in [0.1, 0.15) is 11.1 Å². The van der Waals surface area contributed by atoms with E-state index in [2.05, 4.69) is 12.1 Å². The number of pyridine rings is 1. The summed E-state index contributed by atoms with van der Waals surface area (Å²) in [5, 5.41) is 32.9. The summed E-state index contributed by atoms with van der Waals surface area (Å²) in [6.07, 6.45) is 3.02. The number of nitro benzene ring substituents is 1. The fourth-order valence-corrected chi connectivity index (χ4v) is 4.00. The Morgan fingerprint density at radius 1 is 0.846 bits per heavy atom. The van der Waals surface area contributed by atoms with Crippen molar-refractivity contribution in [3.8, 4) is 11.1 Å². The summed E-state index contributed by atoms with van der Waals surface area (Å²) < 4.78 is 12.6. The van der Waals surface area contributed by atoms with Crippen molar-refractivity contribution in [2.45, 2.75) is 6.42 Å². The van der Waals surface area contributed by atoms with Gasteiger partial charge in [-0.15, -0.1) is 0 Å². The van der Waals surface area contributed by atoms with Crippen LogP contribution in [0.4, 0.5) is 15.9 Å². The van der Waals surface area contributed by atoms with Gasteiger partial charge in [0.2, 0.25) is 5.52 Å². The van der Waals surface area contributed by atoms with Gasteiger partial charge >= 0.3 is 5.69 Å². The Balaban J connectivity index is 0.000000141. The molecule has 0 unspecified atom stereocenters. The average Bonchev–Trinajstić information content (AvgIpc) is 3.30. The van der Waals surface area contributed by atoms with Gasteiger partial charge in [0.1, 0.15) is 5.39 Å². The number of aromatic amines is 1. The molecule has 5 aromatic rings. The third-order valence-electron chi connectivity index (χ3n) is 5.77. The van der Waals surface area contributed by atoms with Crippen LogP contribution in [0.5, 0.6) is 0 Å². The zero-order valence-corrected chi connectivity index (χ0v) is 19.9. The quantitative estimate of drug-likeness (QED) is 0.153. The van der Waals surface area contributed by atoms with Crippen molar-refractivity contribution in [1.82, 2.24) is 9.77 Å². The van der Waals surface area contributed by atoms with Crippen LogP contribution in [-0.2, 0) is 6.42 Å². The molecule has 0 saturated carbocycles. The number of fused-ring (bicyclic) bond motifs is 4. The lowest BCUT2D eigenvalue weighted by Crippen LogP contribution is -2.28. The predicted octanol–water partition coefficient (Wildman–Crippen LogP) is 3.82. The molecule has 2 aromatic heterocycles. The normalized spacial score (nSPS) is 10.8. The fourth-order valence-electron chi connectivity index (χ4n) is 4.00. The van der Waals surface area contributed by atoms with Gasteiger partial charge in [0.05, 0.1) is 15.9 Å². The van der Waals surface area contributed by atoms with Crippen LogP contribution in [0.25, 0.3) is 22.0 Å². The van der Waals surface area contributed by atoms with Crippen LogP contribution in [0.15, 0.2) is 101 Å². The van der Waals surface area contributed by atoms with Crippen molar-refractivity contribution in [1.29, 1.82) is 0 Å². The Morgan fingerprint density at radius 3 is 2.23 bits per heavy atom. The molecule has 13 heteroatoms. The molecule has 0 radical (unpaired) electrons. The van der Waals surface area contributed by atoms with Crippen molar-refractivity contribution in [2.24, 2.45) is 0 Å². The summed E-state index contributed by atoms with van der Waals surface area (Å²) in [5.41, 5.74) is 3.05. The monoisotopic (exact) mass is 531 g/mol. The fraction of sp³-hybridized carbons (Fsp3) is 0.0385. The number of nitrogens with one attached hydrogen (secondary N) is 1. The molecule has 1 aliphatic carbocycles. The highest BCUT2D eigenvalue weighted by atomic mass is 19.2. The Labute approximate surface area is 217 Å². The third-order valence-corrected chi connectivity index (χ3v) is 5.77. The van der Waals surface area contributed by atoms with E-state index in [0.717, 1.165) is 36.0 Å². The number of nitrogens with zero attached hydrogens (tertiary/aromatic N) is 4. The van der Waals surface area contributed by atoms with Crippen molar-refractivity contribution in [3.05, 3.63) is 149 Å². The summed E-state index contributed by atoms with van der Waals surface area (Å²) in [4.78, 5) is 42.3. The molecule has 196 valence electrons. The maximum absolute atomic E-state index is 12.0. The summed E-state index contributed by atoms with van der Waals surface area (Å²) in [7, 11) is 0. The van der Waals surface area contributed by atoms with E-state index in [1.54, 1.807) is 36.4 Å². The van der Waals surface area contributed by atoms with Crippen LogP contribution in [0.3, 0.4) is 0 Å². The van der Waals surface area contributed by atoms with Crippen LogP contribution >= 0.6 is 0 Å². The maximum atomic E-state index is 12.0. The molecule has 0 fully saturated rings. The lowest BCUT2D eigenvalue weighted by Gasteiger charge is -2.00. The minimum atomic E-state index is -1.05. The Bertz CT molecular complexity index is 1810. The number of benzene rings is 3. The van der Waals surface area contributed by atoms with Crippen molar-refractivity contribution in [3.63, 3.8) is 0 Å². The highest BCUT2D eigenvalue weighted by Crippen LogP contribution is 2.37. The van der Waals surface area contributed by atoms with Gasteiger partial charge in [-0.2, -0.15) is 4.73 Å². The lowest BCUT2D eigenvalue weighted by molar-refractivity contribution is -0.577. The minimum absolute atomic E-state index is 0.0484. The molecule has 0 saturated heterocycles. The Kier molecular flexibility index (Phi) is 7.52. The number of hydrogen-bond acceptors (Lipinski definition) is 7. The second kappa shape index (κ2) is 11.1. The Morgan fingerprint density at radius 2 is 1.54 bits per heavy atom. The van der Waals surface area contributed by atoms with Gasteiger partial charge in [-0.05, 0) is 40.8 Å². The highest BCUT2D eigenvalue weighted by Gasteiger charge is 2.20. The topological polar surface area (TPSA) is 168 Å². The van der Waals surface area contributed by atoms with Crippen molar-refractivity contribution < 1.29 is 19.1 Å². The van der Waals surface area contributed by atoms with E-state index in [4.69, 9.17) is 0 Å². The number of nitro groups is 2. The van der Waals surface area contributed by atoms with Gasteiger partial charge in [-0.3, -0.25) is 25.0 Å². The first-order chi connectivity index (χ1) is 18.7. The average molecular weight is 531 g/mol. The minimum Gasteiger partial charge on any atom is -0.618 e. The summed E-state index contributed by atoms with van der Waals surface area (Å²) in [6, 6.07) is 21.8. The number of para-hydroxylation sites is 1. The molecule has 1 N–H and O–H groups in total. The SMILES string of the molecule is O=[N+]([O-])c1cc[n+]([O-])c2ccccc12.O=[N+]([O-])c1ccc2c(c1)Cc1ccccc1-2.O=c1cc[nH]c(=O)n1F. The van der Waals surface area contributed by atoms with Crippen molar-refractivity contribution >= 4 is 22.3 Å². The van der Waals surface area contributed by atoms with Crippen LogP contribution in [-0.4, -0.2) is 19.6 Å². The maximum Gasteiger partial charge on any atom is 0.357 e. The smallest absolute Gasteiger partial charge is 0.357 e. The van der Waals surface area contributed by atoms with Gasteiger partial charge in [-0.1, -0.05) is 45.7 Å². The molecule has 6 rings (SSSR count). The molecular formula is C26H18FN5O7. The van der Waals surface area contributed by atoms with E-state index in [-0.39, 0.29) is 16.3 Å². The molecule has 0 amide bonds. The standard InChI is InChI=1S/C13H9NO2.C9H6N2O3.C4H3FN2O2/c15-14(16)11-5-6-13-10(8-11)7-9-3-1-2-4-12(9)13;12-10-6-5-9(11(13)14)7-3-1-2-4-8(7)10;5-7-3(8)1-2-6-4(7)9/h1-6,8H,7H2;1-6H;1-2H,(H,6,9). The first-order valence-electron chi connectivity index (χ1n) is 11.2. The molecule has 0 aliphatic heterocycles. The number of rotatable bonds is 2. The molecule has 39 heavy (non-hydrogen) atoms. The van der Waals surface area contributed by atoms with Gasteiger partial charge in [0.25, 0.3) is 16.9 Å². The van der Waals surface area contributed by atoms with Crippen LogP contribution in [0, 0.1) is 25.4 Å². The van der Waals surface area contributed by atoms with E-state index in [9.17, 15) is 39.5 Å². The number of hydrogen-bond donors (Lipinski definition) is 1. The lowest BCUT2D eigenvalue weighted by atomic mass is 10.1. The first-order valence-corrected chi connectivity index (χ1v) is 11.2. The van der Waals surface area contributed by atoms with E-state index in [0.29, 0.717) is 15.6 Å².